The Kier molecular flexibility index (Phi) is 8.70. The molecule has 2 saturated heterocycles. The summed E-state index contributed by atoms with van der Waals surface area (Å²) in [5, 5.41) is 10.8. The van der Waals surface area contributed by atoms with Crippen LogP contribution in [0.2, 0.25) is 0 Å². The SMILES string of the molecule is N=C(N)c1ccc(OCCCN2CCN(CCCCC3CCNCC3)C(=O)C2=O)cc1. The molecule has 0 atom stereocenters. The largest absolute Gasteiger partial charge is 0.494 e. The molecule has 2 heterocycles. The minimum absolute atomic E-state index is 0.0237. The summed E-state index contributed by atoms with van der Waals surface area (Å²) in [5.41, 5.74) is 6.09. The summed E-state index contributed by atoms with van der Waals surface area (Å²) < 4.78 is 5.68. The molecule has 1 aromatic carbocycles. The lowest BCUT2D eigenvalue weighted by molar-refractivity contribution is -0.156. The van der Waals surface area contributed by atoms with Gasteiger partial charge in [-0.3, -0.25) is 15.0 Å². The van der Waals surface area contributed by atoms with Crippen molar-refractivity contribution in [2.45, 2.75) is 38.5 Å². The maximum absolute atomic E-state index is 12.4. The third-order valence-corrected chi connectivity index (χ3v) is 6.15. The molecule has 0 spiro atoms. The van der Waals surface area contributed by atoms with Gasteiger partial charge in [-0.2, -0.15) is 0 Å². The number of nitrogens with one attached hydrogen (secondary N) is 2. The number of ether oxygens (including phenoxy) is 1. The number of nitrogens with two attached hydrogens (primary N) is 1. The first-order chi connectivity index (χ1) is 15.0. The van der Waals surface area contributed by atoms with Gasteiger partial charge in [-0.15, -0.1) is 0 Å². The molecular formula is C23H35N5O3. The molecule has 8 heteroatoms. The average Bonchev–Trinajstić information content (AvgIpc) is 2.79. The number of piperazine rings is 1. The van der Waals surface area contributed by atoms with E-state index in [-0.39, 0.29) is 11.7 Å². The Bertz CT molecular complexity index is 746. The summed E-state index contributed by atoms with van der Waals surface area (Å²) in [4.78, 5) is 28.2. The number of benzene rings is 1. The molecule has 3 rings (SSSR count). The van der Waals surface area contributed by atoms with Crippen molar-refractivity contribution in [2.75, 3.05) is 45.9 Å². The minimum atomic E-state index is -0.393. The van der Waals surface area contributed by atoms with Gasteiger partial charge in [0.25, 0.3) is 0 Å². The highest BCUT2D eigenvalue weighted by atomic mass is 16.5. The third-order valence-electron chi connectivity index (χ3n) is 6.15. The van der Waals surface area contributed by atoms with Gasteiger partial charge >= 0.3 is 11.8 Å². The minimum Gasteiger partial charge on any atom is -0.494 e. The van der Waals surface area contributed by atoms with Crippen molar-refractivity contribution in [3.8, 4) is 5.75 Å². The van der Waals surface area contributed by atoms with Gasteiger partial charge in [0, 0.05) is 31.7 Å². The quantitative estimate of drug-likeness (QED) is 0.214. The van der Waals surface area contributed by atoms with Gasteiger partial charge in [0.05, 0.1) is 6.61 Å². The van der Waals surface area contributed by atoms with Crippen LogP contribution in [0.15, 0.2) is 24.3 Å². The number of unbranched alkanes of at least 4 members (excludes halogenated alkanes) is 1. The van der Waals surface area contributed by atoms with Gasteiger partial charge in [0.1, 0.15) is 11.6 Å². The summed E-state index contributed by atoms with van der Waals surface area (Å²) in [6, 6.07) is 7.03. The van der Waals surface area contributed by atoms with E-state index < -0.39 is 5.91 Å². The zero-order valence-corrected chi connectivity index (χ0v) is 18.3. The number of amides is 2. The standard InChI is InChI=1S/C23H35N5O3/c24-21(25)19-5-7-20(8-6-19)31-17-3-14-28-16-15-27(22(29)23(28)30)13-2-1-4-18-9-11-26-12-10-18/h5-8,18,26H,1-4,9-17H2,(H3,24,25). The van der Waals surface area contributed by atoms with Crippen LogP contribution < -0.4 is 15.8 Å². The van der Waals surface area contributed by atoms with Crippen molar-refractivity contribution in [3.05, 3.63) is 29.8 Å². The molecule has 0 bridgehead atoms. The molecule has 4 N–H and O–H groups in total. The second-order valence-electron chi connectivity index (χ2n) is 8.41. The van der Waals surface area contributed by atoms with Crippen molar-refractivity contribution < 1.29 is 14.3 Å². The van der Waals surface area contributed by atoms with Crippen LogP contribution in [0.1, 0.15) is 44.1 Å². The lowest BCUT2D eigenvalue weighted by atomic mass is 9.92. The molecule has 0 unspecified atom stereocenters. The second-order valence-corrected chi connectivity index (χ2v) is 8.41. The topological polar surface area (TPSA) is 112 Å². The Morgan fingerprint density at radius 1 is 1.00 bits per heavy atom. The number of piperidine rings is 1. The number of hydrogen-bond donors (Lipinski definition) is 3. The Morgan fingerprint density at radius 2 is 1.61 bits per heavy atom. The highest BCUT2D eigenvalue weighted by Crippen LogP contribution is 2.19. The fourth-order valence-electron chi connectivity index (χ4n) is 4.22. The molecule has 0 saturated carbocycles. The number of carbonyl (C=O) groups is 2. The highest BCUT2D eigenvalue weighted by Gasteiger charge is 2.31. The van der Waals surface area contributed by atoms with E-state index >= 15 is 0 Å². The molecule has 2 aliphatic heterocycles. The van der Waals surface area contributed by atoms with Crippen LogP contribution in [-0.2, 0) is 9.59 Å². The van der Waals surface area contributed by atoms with Crippen LogP contribution in [0.5, 0.6) is 5.75 Å². The molecule has 0 aromatic heterocycles. The van der Waals surface area contributed by atoms with Crippen LogP contribution in [-0.4, -0.2) is 73.3 Å². The Morgan fingerprint density at radius 3 is 2.23 bits per heavy atom. The van der Waals surface area contributed by atoms with Gasteiger partial charge in [-0.25, -0.2) is 0 Å². The molecule has 8 nitrogen and oxygen atoms in total. The van der Waals surface area contributed by atoms with Gasteiger partial charge in [-0.1, -0.05) is 12.8 Å². The molecule has 0 aliphatic carbocycles. The maximum atomic E-state index is 12.4. The number of nitrogen functional groups attached to an aromatic ring is 1. The van der Waals surface area contributed by atoms with Crippen molar-refractivity contribution in [2.24, 2.45) is 11.7 Å². The molecular weight excluding hydrogens is 394 g/mol. The van der Waals surface area contributed by atoms with E-state index in [1.54, 1.807) is 34.1 Å². The first-order valence-corrected chi connectivity index (χ1v) is 11.4. The van der Waals surface area contributed by atoms with Crippen molar-refractivity contribution >= 4 is 17.6 Å². The lowest BCUT2D eigenvalue weighted by Gasteiger charge is -2.34. The first-order valence-electron chi connectivity index (χ1n) is 11.4. The number of rotatable bonds is 11. The monoisotopic (exact) mass is 429 g/mol. The third kappa shape index (κ3) is 6.95. The van der Waals surface area contributed by atoms with E-state index in [4.69, 9.17) is 15.9 Å². The smallest absolute Gasteiger partial charge is 0.312 e. The fourth-order valence-corrected chi connectivity index (χ4v) is 4.22. The average molecular weight is 430 g/mol. The van der Waals surface area contributed by atoms with E-state index in [2.05, 4.69) is 5.32 Å². The number of hydrogen-bond acceptors (Lipinski definition) is 5. The van der Waals surface area contributed by atoms with Crippen LogP contribution in [0.25, 0.3) is 0 Å². The van der Waals surface area contributed by atoms with Crippen LogP contribution in [0.3, 0.4) is 0 Å². The van der Waals surface area contributed by atoms with Gasteiger partial charge < -0.3 is 25.6 Å². The number of amidine groups is 1. The van der Waals surface area contributed by atoms with Gasteiger partial charge in [0.15, 0.2) is 0 Å². The summed E-state index contributed by atoms with van der Waals surface area (Å²) >= 11 is 0. The van der Waals surface area contributed by atoms with E-state index in [1.165, 1.54) is 19.3 Å². The molecule has 2 amide bonds. The molecule has 2 aliphatic rings. The molecule has 1 aromatic rings. The number of carbonyl (C=O) groups excluding carboxylic acids is 2. The zero-order valence-electron chi connectivity index (χ0n) is 18.3. The van der Waals surface area contributed by atoms with Crippen LogP contribution >= 0.6 is 0 Å². The van der Waals surface area contributed by atoms with E-state index in [1.807, 2.05) is 0 Å². The van der Waals surface area contributed by atoms with E-state index in [0.29, 0.717) is 50.5 Å². The van der Waals surface area contributed by atoms with E-state index in [0.717, 1.165) is 31.8 Å². The summed E-state index contributed by atoms with van der Waals surface area (Å²) in [7, 11) is 0. The highest BCUT2D eigenvalue weighted by molar-refractivity contribution is 6.35. The van der Waals surface area contributed by atoms with Crippen LogP contribution in [0, 0.1) is 11.3 Å². The predicted octanol–water partition coefficient (Wildman–Crippen LogP) is 1.58. The summed E-state index contributed by atoms with van der Waals surface area (Å²) in [6.45, 7) is 5.10. The van der Waals surface area contributed by atoms with Crippen LogP contribution in [0.4, 0.5) is 0 Å². The molecule has 170 valence electrons. The normalized spacial score (nSPS) is 17.8. The van der Waals surface area contributed by atoms with E-state index in [9.17, 15) is 9.59 Å². The van der Waals surface area contributed by atoms with Gasteiger partial charge in [-0.05, 0) is 69.0 Å². The fraction of sp³-hybridized carbons (Fsp3) is 0.609. The van der Waals surface area contributed by atoms with Crippen molar-refractivity contribution in [1.82, 2.24) is 15.1 Å². The predicted molar refractivity (Wildman–Crippen MR) is 120 cm³/mol. The second kappa shape index (κ2) is 11.7. The van der Waals surface area contributed by atoms with Gasteiger partial charge in [0.2, 0.25) is 0 Å². The summed E-state index contributed by atoms with van der Waals surface area (Å²) in [6.07, 6.45) is 6.48. The Labute approximate surface area is 184 Å². The summed E-state index contributed by atoms with van der Waals surface area (Å²) in [5.74, 6) is 0.770. The Balaban J connectivity index is 1.30. The Hall–Kier alpha value is -2.61. The maximum Gasteiger partial charge on any atom is 0.312 e. The molecule has 2 fully saturated rings. The zero-order chi connectivity index (χ0) is 22.1. The lowest BCUT2D eigenvalue weighted by Crippen LogP contribution is -2.54. The molecule has 31 heavy (non-hydrogen) atoms. The first kappa shape index (κ1) is 23.1. The number of nitrogens with zero attached hydrogens (tertiary/aromatic N) is 2. The molecule has 0 radical (unpaired) electrons. The van der Waals surface area contributed by atoms with Crippen molar-refractivity contribution in [3.63, 3.8) is 0 Å². The van der Waals surface area contributed by atoms with Crippen molar-refractivity contribution in [1.29, 1.82) is 5.41 Å².